The van der Waals surface area contributed by atoms with Crippen LogP contribution in [0.4, 0.5) is 11.4 Å². The molecule has 0 saturated heterocycles. The van der Waals surface area contributed by atoms with E-state index in [1.54, 1.807) is 23.1 Å². The van der Waals surface area contributed by atoms with Crippen LogP contribution in [0.2, 0.25) is 0 Å². The highest BCUT2D eigenvalue weighted by atomic mass is 16.2. The van der Waals surface area contributed by atoms with E-state index in [4.69, 9.17) is 5.73 Å². The minimum atomic E-state index is -0.185. The summed E-state index contributed by atoms with van der Waals surface area (Å²) in [5, 5.41) is 5.75. The van der Waals surface area contributed by atoms with Gasteiger partial charge in [-0.2, -0.15) is 0 Å². The van der Waals surface area contributed by atoms with E-state index >= 15 is 0 Å². The summed E-state index contributed by atoms with van der Waals surface area (Å²) in [5.74, 6) is -0.195. The number of anilines is 2. The summed E-state index contributed by atoms with van der Waals surface area (Å²) in [6, 6.07) is 4.99. The minimum Gasteiger partial charge on any atom is -0.399 e. The molecule has 0 heterocycles. The topological polar surface area (TPSA) is 87.5 Å². The van der Waals surface area contributed by atoms with Crippen LogP contribution in [0.5, 0.6) is 0 Å². The van der Waals surface area contributed by atoms with Crippen LogP contribution in [0.1, 0.15) is 31.1 Å². The molecule has 0 aliphatic rings. The van der Waals surface area contributed by atoms with Crippen LogP contribution in [0, 0.1) is 0 Å². The first-order valence-corrected chi connectivity index (χ1v) is 7.22. The van der Waals surface area contributed by atoms with Gasteiger partial charge in [0.2, 0.25) is 5.91 Å². The lowest BCUT2D eigenvalue weighted by molar-refractivity contribution is -0.128. The molecule has 116 valence electrons. The van der Waals surface area contributed by atoms with Gasteiger partial charge in [0, 0.05) is 31.0 Å². The third-order valence-electron chi connectivity index (χ3n) is 3.17. The molecule has 0 unspecified atom stereocenters. The first-order chi connectivity index (χ1) is 10.0. The Morgan fingerprint density at radius 3 is 2.43 bits per heavy atom. The predicted molar refractivity (Wildman–Crippen MR) is 85.3 cm³/mol. The zero-order chi connectivity index (χ0) is 15.8. The Morgan fingerprint density at radius 2 is 1.86 bits per heavy atom. The largest absolute Gasteiger partial charge is 0.399 e. The lowest BCUT2D eigenvalue weighted by atomic mass is 10.1. The molecule has 1 rings (SSSR count). The Kier molecular flexibility index (Phi) is 6.52. The number of nitrogen functional groups attached to an aromatic ring is 1. The highest BCUT2D eigenvalue weighted by Gasteiger charge is 2.13. The van der Waals surface area contributed by atoms with Crippen molar-refractivity contribution in [2.75, 3.05) is 37.2 Å². The first kappa shape index (κ1) is 16.8. The Hall–Kier alpha value is -2.24. The number of nitrogens with one attached hydrogen (secondary N) is 2. The summed E-state index contributed by atoms with van der Waals surface area (Å²) in [7, 11) is 0. The van der Waals surface area contributed by atoms with Gasteiger partial charge in [-0.25, -0.2) is 0 Å². The van der Waals surface area contributed by atoms with Crippen LogP contribution < -0.4 is 16.4 Å². The van der Waals surface area contributed by atoms with E-state index in [1.165, 1.54) is 0 Å². The number of amides is 2. The third-order valence-corrected chi connectivity index (χ3v) is 3.17. The maximum Gasteiger partial charge on any atom is 0.253 e. The van der Waals surface area contributed by atoms with Gasteiger partial charge in [0.1, 0.15) is 0 Å². The van der Waals surface area contributed by atoms with Crippen molar-refractivity contribution in [2.45, 2.75) is 20.8 Å². The SMILES string of the molecule is CCNC(=O)c1ccc(N)cc1NCC(=O)N(CC)CC. The summed E-state index contributed by atoms with van der Waals surface area (Å²) in [6.45, 7) is 7.73. The number of benzene rings is 1. The molecule has 4 N–H and O–H groups in total. The minimum absolute atomic E-state index is 0.00993. The number of hydrogen-bond acceptors (Lipinski definition) is 4. The number of likely N-dealkylation sites (N-methyl/N-ethyl adjacent to an activating group) is 1. The lowest BCUT2D eigenvalue weighted by Gasteiger charge is -2.20. The van der Waals surface area contributed by atoms with Crippen LogP contribution in [0.3, 0.4) is 0 Å². The van der Waals surface area contributed by atoms with E-state index in [1.807, 2.05) is 20.8 Å². The molecule has 0 bridgehead atoms. The second-order valence-electron chi connectivity index (χ2n) is 4.58. The first-order valence-electron chi connectivity index (χ1n) is 7.22. The molecule has 0 atom stereocenters. The molecule has 6 nitrogen and oxygen atoms in total. The van der Waals surface area contributed by atoms with Crippen molar-refractivity contribution in [3.05, 3.63) is 23.8 Å². The highest BCUT2D eigenvalue weighted by molar-refractivity contribution is 6.00. The van der Waals surface area contributed by atoms with E-state index in [0.29, 0.717) is 36.6 Å². The van der Waals surface area contributed by atoms with Gasteiger partial charge >= 0.3 is 0 Å². The molecule has 0 saturated carbocycles. The molecule has 1 aromatic carbocycles. The van der Waals surface area contributed by atoms with Gasteiger partial charge in [-0.1, -0.05) is 0 Å². The Labute approximate surface area is 125 Å². The van der Waals surface area contributed by atoms with Gasteiger partial charge in [0.25, 0.3) is 5.91 Å². The molecule has 0 aliphatic carbocycles. The van der Waals surface area contributed by atoms with Crippen molar-refractivity contribution >= 4 is 23.2 Å². The number of carbonyl (C=O) groups excluding carboxylic acids is 2. The smallest absolute Gasteiger partial charge is 0.253 e. The lowest BCUT2D eigenvalue weighted by Crippen LogP contribution is -2.35. The van der Waals surface area contributed by atoms with Crippen molar-refractivity contribution in [2.24, 2.45) is 0 Å². The normalized spacial score (nSPS) is 10.0. The molecule has 6 heteroatoms. The number of hydrogen-bond donors (Lipinski definition) is 3. The number of carbonyl (C=O) groups is 2. The van der Waals surface area contributed by atoms with Crippen LogP contribution in [-0.2, 0) is 4.79 Å². The van der Waals surface area contributed by atoms with Crippen LogP contribution in [0.15, 0.2) is 18.2 Å². The van der Waals surface area contributed by atoms with E-state index in [-0.39, 0.29) is 18.4 Å². The van der Waals surface area contributed by atoms with Crippen molar-refractivity contribution in [1.82, 2.24) is 10.2 Å². The van der Waals surface area contributed by atoms with Gasteiger partial charge in [0.15, 0.2) is 0 Å². The fraction of sp³-hybridized carbons (Fsp3) is 0.467. The molecule has 0 aromatic heterocycles. The second kappa shape index (κ2) is 8.14. The van der Waals surface area contributed by atoms with E-state index < -0.39 is 0 Å². The Morgan fingerprint density at radius 1 is 1.19 bits per heavy atom. The maximum absolute atomic E-state index is 12.0. The summed E-state index contributed by atoms with van der Waals surface area (Å²) in [4.78, 5) is 25.7. The van der Waals surface area contributed by atoms with Crippen LogP contribution in [0.25, 0.3) is 0 Å². The second-order valence-corrected chi connectivity index (χ2v) is 4.58. The van der Waals surface area contributed by atoms with Crippen molar-refractivity contribution in [3.63, 3.8) is 0 Å². The quantitative estimate of drug-likeness (QED) is 0.661. The molecule has 21 heavy (non-hydrogen) atoms. The summed E-state index contributed by atoms with van der Waals surface area (Å²) in [5.41, 5.74) is 7.35. The van der Waals surface area contributed by atoms with Crippen molar-refractivity contribution < 1.29 is 9.59 Å². The van der Waals surface area contributed by atoms with Gasteiger partial charge in [-0.05, 0) is 39.0 Å². The van der Waals surface area contributed by atoms with Crippen LogP contribution >= 0.6 is 0 Å². The van der Waals surface area contributed by atoms with Gasteiger partial charge in [-0.15, -0.1) is 0 Å². The molecule has 2 amide bonds. The number of nitrogens with zero attached hydrogens (tertiary/aromatic N) is 1. The molecule has 0 aliphatic heterocycles. The molecular weight excluding hydrogens is 268 g/mol. The maximum atomic E-state index is 12.0. The van der Waals surface area contributed by atoms with E-state index in [9.17, 15) is 9.59 Å². The molecule has 0 fully saturated rings. The average molecular weight is 292 g/mol. The van der Waals surface area contributed by atoms with Gasteiger partial charge < -0.3 is 21.3 Å². The van der Waals surface area contributed by atoms with Crippen LogP contribution in [-0.4, -0.2) is 42.9 Å². The fourth-order valence-corrected chi connectivity index (χ4v) is 2.02. The standard InChI is InChI=1S/C15H24N4O2/c1-4-17-15(21)12-8-7-11(16)9-13(12)18-10-14(20)19(5-2)6-3/h7-9,18H,4-6,10,16H2,1-3H3,(H,17,21). The predicted octanol–water partition coefficient (Wildman–Crippen LogP) is 1.30. The molecule has 1 aromatic rings. The summed E-state index contributed by atoms with van der Waals surface area (Å²) < 4.78 is 0. The molecule has 0 spiro atoms. The average Bonchev–Trinajstić information content (AvgIpc) is 2.46. The fourth-order valence-electron chi connectivity index (χ4n) is 2.02. The Balaban J connectivity index is 2.84. The molecular formula is C15H24N4O2. The Bertz CT molecular complexity index is 498. The summed E-state index contributed by atoms with van der Waals surface area (Å²) in [6.07, 6.45) is 0. The van der Waals surface area contributed by atoms with Gasteiger partial charge in [-0.3, -0.25) is 9.59 Å². The third kappa shape index (κ3) is 4.66. The zero-order valence-electron chi connectivity index (χ0n) is 12.9. The number of nitrogens with two attached hydrogens (primary N) is 1. The summed E-state index contributed by atoms with van der Waals surface area (Å²) >= 11 is 0. The number of rotatable bonds is 7. The van der Waals surface area contributed by atoms with Gasteiger partial charge in [0.05, 0.1) is 12.1 Å². The monoisotopic (exact) mass is 292 g/mol. The van der Waals surface area contributed by atoms with E-state index in [2.05, 4.69) is 10.6 Å². The highest BCUT2D eigenvalue weighted by Crippen LogP contribution is 2.19. The van der Waals surface area contributed by atoms with Crippen molar-refractivity contribution in [3.8, 4) is 0 Å². The van der Waals surface area contributed by atoms with Crippen molar-refractivity contribution in [1.29, 1.82) is 0 Å². The zero-order valence-corrected chi connectivity index (χ0v) is 12.9. The molecule has 0 radical (unpaired) electrons. The van der Waals surface area contributed by atoms with E-state index in [0.717, 1.165) is 0 Å².